The lowest BCUT2D eigenvalue weighted by Gasteiger charge is -2.21. The van der Waals surface area contributed by atoms with Gasteiger partial charge in [-0.2, -0.15) is 0 Å². The Balaban J connectivity index is 1.53. The molecule has 1 fully saturated rings. The molecular weight excluding hydrogens is 416 g/mol. The molecule has 33 heavy (non-hydrogen) atoms. The highest BCUT2D eigenvalue weighted by molar-refractivity contribution is 5.97. The zero-order valence-electron chi connectivity index (χ0n) is 19.7. The van der Waals surface area contributed by atoms with Gasteiger partial charge in [-0.1, -0.05) is 19.9 Å². The number of carbonyl (C=O) groups is 3. The zero-order chi connectivity index (χ0) is 23.8. The highest BCUT2D eigenvalue weighted by Gasteiger charge is 2.29. The van der Waals surface area contributed by atoms with Crippen molar-refractivity contribution in [1.29, 1.82) is 0 Å². The first-order valence-electron chi connectivity index (χ1n) is 11.8. The summed E-state index contributed by atoms with van der Waals surface area (Å²) in [4.78, 5) is 39.0. The van der Waals surface area contributed by atoms with E-state index in [1.54, 1.807) is 24.3 Å². The van der Waals surface area contributed by atoms with E-state index >= 15 is 0 Å². The highest BCUT2D eigenvalue weighted by atomic mass is 16.2. The first-order chi connectivity index (χ1) is 15.9. The predicted octanol–water partition coefficient (Wildman–Crippen LogP) is 4.66. The van der Waals surface area contributed by atoms with Crippen LogP contribution in [-0.2, 0) is 9.59 Å². The SMILES string of the molecule is CCCN(CCC)C(=O)c1ccc(NC(=O)CNc2cccc(NC(=O)C3CC3)c2C)cc1. The van der Waals surface area contributed by atoms with E-state index in [2.05, 4.69) is 29.8 Å². The fraction of sp³-hybridized carbons (Fsp3) is 0.423. The Hall–Kier alpha value is -3.35. The summed E-state index contributed by atoms with van der Waals surface area (Å²) in [5.74, 6) is 0.0131. The molecule has 2 aromatic carbocycles. The maximum Gasteiger partial charge on any atom is 0.253 e. The molecule has 3 N–H and O–H groups in total. The van der Waals surface area contributed by atoms with E-state index in [9.17, 15) is 14.4 Å². The maximum atomic E-state index is 12.7. The van der Waals surface area contributed by atoms with E-state index < -0.39 is 0 Å². The molecule has 0 spiro atoms. The first kappa shape index (κ1) is 24.3. The highest BCUT2D eigenvalue weighted by Crippen LogP contribution is 2.31. The van der Waals surface area contributed by atoms with E-state index in [4.69, 9.17) is 0 Å². The molecule has 7 nitrogen and oxygen atoms in total. The average Bonchev–Trinajstić information content (AvgIpc) is 3.65. The Morgan fingerprint density at radius 2 is 1.55 bits per heavy atom. The van der Waals surface area contributed by atoms with Gasteiger partial charge in [-0.05, 0) is 74.6 Å². The number of carbonyl (C=O) groups excluding carboxylic acids is 3. The van der Waals surface area contributed by atoms with Crippen LogP contribution in [0, 0.1) is 12.8 Å². The second-order valence-electron chi connectivity index (χ2n) is 8.51. The molecule has 0 bridgehead atoms. The normalized spacial score (nSPS) is 12.7. The molecule has 0 aromatic heterocycles. The lowest BCUT2D eigenvalue weighted by atomic mass is 10.1. The van der Waals surface area contributed by atoms with Crippen LogP contribution in [-0.4, -0.2) is 42.3 Å². The molecule has 1 aliphatic carbocycles. The summed E-state index contributed by atoms with van der Waals surface area (Å²) < 4.78 is 0. The number of benzene rings is 2. The van der Waals surface area contributed by atoms with Crippen molar-refractivity contribution in [3.63, 3.8) is 0 Å². The number of amides is 3. The molecule has 1 saturated carbocycles. The quantitative estimate of drug-likeness (QED) is 0.465. The Kier molecular flexibility index (Phi) is 8.46. The number of rotatable bonds is 11. The van der Waals surface area contributed by atoms with Crippen LogP contribution >= 0.6 is 0 Å². The third-order valence-electron chi connectivity index (χ3n) is 5.67. The van der Waals surface area contributed by atoms with Gasteiger partial charge >= 0.3 is 0 Å². The average molecular weight is 451 g/mol. The van der Waals surface area contributed by atoms with Crippen molar-refractivity contribution in [2.24, 2.45) is 5.92 Å². The van der Waals surface area contributed by atoms with E-state index in [1.807, 2.05) is 30.0 Å². The van der Waals surface area contributed by atoms with Crippen LogP contribution in [0.15, 0.2) is 42.5 Å². The molecule has 2 aromatic rings. The van der Waals surface area contributed by atoms with Crippen molar-refractivity contribution in [2.75, 3.05) is 35.6 Å². The standard InChI is InChI=1S/C26H34N4O3/c1-4-15-30(16-5-2)26(33)20-11-13-21(14-12-20)28-24(31)17-27-22-7-6-8-23(18(22)3)29-25(32)19-9-10-19/h6-8,11-14,19,27H,4-5,9-10,15-17H2,1-3H3,(H,28,31)(H,29,32). The summed E-state index contributed by atoms with van der Waals surface area (Å²) in [5, 5.41) is 8.96. The van der Waals surface area contributed by atoms with Gasteiger partial charge in [0.05, 0.1) is 6.54 Å². The Morgan fingerprint density at radius 3 is 2.15 bits per heavy atom. The Bertz CT molecular complexity index is 978. The van der Waals surface area contributed by atoms with Crippen LogP contribution in [0.2, 0.25) is 0 Å². The number of hydrogen-bond donors (Lipinski definition) is 3. The molecule has 176 valence electrons. The molecule has 3 amide bonds. The van der Waals surface area contributed by atoms with Gasteiger partial charge in [0.25, 0.3) is 5.91 Å². The van der Waals surface area contributed by atoms with Crippen molar-refractivity contribution in [3.8, 4) is 0 Å². The van der Waals surface area contributed by atoms with Crippen LogP contribution in [0.25, 0.3) is 0 Å². The van der Waals surface area contributed by atoms with E-state index in [0.717, 1.165) is 55.7 Å². The minimum Gasteiger partial charge on any atom is -0.376 e. The van der Waals surface area contributed by atoms with Crippen molar-refractivity contribution in [1.82, 2.24) is 4.90 Å². The van der Waals surface area contributed by atoms with Gasteiger partial charge in [0.15, 0.2) is 0 Å². The van der Waals surface area contributed by atoms with Crippen LogP contribution in [0.3, 0.4) is 0 Å². The maximum absolute atomic E-state index is 12.7. The second kappa shape index (κ2) is 11.5. The zero-order valence-corrected chi connectivity index (χ0v) is 19.7. The van der Waals surface area contributed by atoms with Crippen LogP contribution < -0.4 is 16.0 Å². The van der Waals surface area contributed by atoms with E-state index in [-0.39, 0.29) is 30.2 Å². The number of hydrogen-bond acceptors (Lipinski definition) is 4. The lowest BCUT2D eigenvalue weighted by Crippen LogP contribution is -2.32. The summed E-state index contributed by atoms with van der Waals surface area (Å²) >= 11 is 0. The molecule has 7 heteroatoms. The van der Waals surface area contributed by atoms with Gasteiger partial charge in [-0.3, -0.25) is 14.4 Å². The first-order valence-corrected chi connectivity index (χ1v) is 11.8. The molecule has 0 aliphatic heterocycles. The van der Waals surface area contributed by atoms with Crippen molar-refractivity contribution in [2.45, 2.75) is 46.5 Å². The van der Waals surface area contributed by atoms with Gasteiger partial charge in [0.1, 0.15) is 0 Å². The monoisotopic (exact) mass is 450 g/mol. The fourth-order valence-electron chi connectivity index (χ4n) is 3.66. The van der Waals surface area contributed by atoms with Gasteiger partial charge in [-0.25, -0.2) is 0 Å². The third kappa shape index (κ3) is 6.81. The predicted molar refractivity (Wildman–Crippen MR) is 133 cm³/mol. The minimum absolute atomic E-state index is 0.0161. The molecule has 3 rings (SSSR count). The van der Waals surface area contributed by atoms with Crippen LogP contribution in [0.4, 0.5) is 17.1 Å². The summed E-state index contributed by atoms with van der Waals surface area (Å²) in [6.07, 6.45) is 3.74. The molecule has 0 radical (unpaired) electrons. The van der Waals surface area contributed by atoms with Crippen molar-refractivity contribution in [3.05, 3.63) is 53.6 Å². The van der Waals surface area contributed by atoms with Crippen molar-refractivity contribution >= 4 is 34.8 Å². The Labute approximate surface area is 195 Å². The summed E-state index contributed by atoms with van der Waals surface area (Å²) in [6, 6.07) is 12.6. The second-order valence-corrected chi connectivity index (χ2v) is 8.51. The van der Waals surface area contributed by atoms with Gasteiger partial charge in [0, 0.05) is 41.6 Å². The van der Waals surface area contributed by atoms with Crippen molar-refractivity contribution < 1.29 is 14.4 Å². The Morgan fingerprint density at radius 1 is 0.909 bits per heavy atom. The number of anilines is 3. The minimum atomic E-state index is -0.195. The molecule has 1 aliphatic rings. The molecule has 0 unspecified atom stereocenters. The third-order valence-corrected chi connectivity index (χ3v) is 5.67. The van der Waals surface area contributed by atoms with Gasteiger partial charge in [0.2, 0.25) is 11.8 Å². The smallest absolute Gasteiger partial charge is 0.253 e. The van der Waals surface area contributed by atoms with E-state index in [0.29, 0.717) is 11.3 Å². The summed E-state index contributed by atoms with van der Waals surface area (Å²) in [7, 11) is 0. The van der Waals surface area contributed by atoms with E-state index in [1.165, 1.54) is 0 Å². The molecule has 0 atom stereocenters. The van der Waals surface area contributed by atoms with Gasteiger partial charge in [-0.15, -0.1) is 0 Å². The molecule has 0 saturated heterocycles. The van der Waals surface area contributed by atoms with Crippen LogP contribution in [0.5, 0.6) is 0 Å². The number of nitrogens with one attached hydrogen (secondary N) is 3. The lowest BCUT2D eigenvalue weighted by molar-refractivity contribution is -0.117. The topological polar surface area (TPSA) is 90.5 Å². The molecule has 0 heterocycles. The summed E-state index contributed by atoms with van der Waals surface area (Å²) in [5.41, 5.74) is 3.71. The number of nitrogens with zero attached hydrogens (tertiary/aromatic N) is 1. The largest absolute Gasteiger partial charge is 0.376 e. The van der Waals surface area contributed by atoms with Gasteiger partial charge < -0.3 is 20.9 Å². The van der Waals surface area contributed by atoms with Crippen LogP contribution in [0.1, 0.15) is 55.5 Å². The molecular formula is C26H34N4O3. The summed E-state index contributed by atoms with van der Waals surface area (Å²) in [6.45, 7) is 7.60. The fourth-order valence-corrected chi connectivity index (χ4v) is 3.66.